The Bertz CT molecular complexity index is 1550. The Balaban J connectivity index is 1.14. The van der Waals surface area contributed by atoms with E-state index in [0.29, 0.717) is 24.7 Å². The number of pyridine rings is 1. The summed E-state index contributed by atoms with van der Waals surface area (Å²) in [5, 5.41) is 11.1. The van der Waals surface area contributed by atoms with Crippen molar-refractivity contribution in [2.24, 2.45) is 0 Å². The number of fused-ring (bicyclic) bond motifs is 5. The van der Waals surface area contributed by atoms with Crippen molar-refractivity contribution in [3.05, 3.63) is 71.9 Å². The van der Waals surface area contributed by atoms with E-state index >= 15 is 0 Å². The second-order valence-electron chi connectivity index (χ2n) is 9.69. The standard InChI is InChI=1S/C31H29NO7/c1-35-27-8-7-21-15-26-24-17-29-28(38-19-39-29)16-22(24)9-10-32(26)18-25(21)31(27)37-12-3-2-11-36-23-6-4-5-20(13-23)14-30(33)34/h4-8,13,15-18H,2-3,9-12,14,19H2,1H3/p+1. The molecule has 39 heavy (non-hydrogen) atoms. The van der Waals surface area contributed by atoms with Gasteiger partial charge < -0.3 is 28.8 Å². The Morgan fingerprint density at radius 1 is 1.00 bits per heavy atom. The smallest absolute Gasteiger partial charge is 0.307 e. The van der Waals surface area contributed by atoms with Crippen molar-refractivity contribution in [3.63, 3.8) is 0 Å². The topological polar surface area (TPSA) is 87.3 Å². The molecule has 3 aromatic carbocycles. The highest BCUT2D eigenvalue weighted by Crippen LogP contribution is 2.41. The molecule has 0 unspecified atom stereocenters. The van der Waals surface area contributed by atoms with Crippen molar-refractivity contribution < 1.29 is 38.2 Å². The van der Waals surface area contributed by atoms with Crippen molar-refractivity contribution >= 4 is 16.7 Å². The normalized spacial score (nSPS) is 13.1. The molecule has 8 heteroatoms. The third-order valence-electron chi connectivity index (χ3n) is 7.10. The van der Waals surface area contributed by atoms with Crippen molar-refractivity contribution in [3.8, 4) is 40.0 Å². The van der Waals surface area contributed by atoms with E-state index in [0.717, 1.165) is 65.1 Å². The van der Waals surface area contributed by atoms with Crippen LogP contribution in [0.2, 0.25) is 0 Å². The SMILES string of the molecule is COc1ccc2cc3[n+](cc2c1OCCCCOc1cccc(CC(=O)O)c1)CCc1cc2c(cc1-3)OCO2. The van der Waals surface area contributed by atoms with E-state index in [9.17, 15) is 4.79 Å². The summed E-state index contributed by atoms with van der Waals surface area (Å²) >= 11 is 0. The molecular weight excluding hydrogens is 498 g/mol. The van der Waals surface area contributed by atoms with E-state index in [-0.39, 0.29) is 13.2 Å². The van der Waals surface area contributed by atoms with Gasteiger partial charge in [-0.3, -0.25) is 4.79 Å². The molecule has 0 saturated carbocycles. The van der Waals surface area contributed by atoms with Crippen LogP contribution in [0.5, 0.6) is 28.7 Å². The van der Waals surface area contributed by atoms with Crippen LogP contribution < -0.4 is 28.3 Å². The molecule has 1 aromatic heterocycles. The van der Waals surface area contributed by atoms with E-state index < -0.39 is 5.97 Å². The summed E-state index contributed by atoms with van der Waals surface area (Å²) in [6.45, 7) is 2.17. The molecule has 0 saturated heterocycles. The van der Waals surface area contributed by atoms with Crippen molar-refractivity contribution in [1.29, 1.82) is 0 Å². The Kier molecular flexibility index (Phi) is 6.84. The molecule has 1 N–H and O–H groups in total. The number of hydrogen-bond donors (Lipinski definition) is 1. The molecule has 0 aliphatic carbocycles. The van der Waals surface area contributed by atoms with Gasteiger partial charge in [-0.1, -0.05) is 12.1 Å². The lowest BCUT2D eigenvalue weighted by atomic mass is 9.95. The molecule has 8 nitrogen and oxygen atoms in total. The number of aliphatic carboxylic acids is 1. The minimum atomic E-state index is -0.857. The zero-order valence-corrected chi connectivity index (χ0v) is 21.8. The van der Waals surface area contributed by atoms with E-state index in [1.54, 1.807) is 19.2 Å². The molecule has 6 rings (SSSR count). The average Bonchev–Trinajstić information content (AvgIpc) is 3.40. The van der Waals surface area contributed by atoms with Crippen LogP contribution in [-0.4, -0.2) is 38.2 Å². The third-order valence-corrected chi connectivity index (χ3v) is 7.10. The van der Waals surface area contributed by atoms with E-state index in [1.165, 1.54) is 11.1 Å². The minimum Gasteiger partial charge on any atom is -0.494 e. The Morgan fingerprint density at radius 3 is 2.64 bits per heavy atom. The monoisotopic (exact) mass is 528 g/mol. The van der Waals surface area contributed by atoms with Crippen molar-refractivity contribution in [2.75, 3.05) is 27.1 Å². The number of carbonyl (C=O) groups is 1. The fourth-order valence-corrected chi connectivity index (χ4v) is 5.19. The number of unbranched alkanes of at least 4 members (excludes halogenated alkanes) is 1. The summed E-state index contributed by atoms with van der Waals surface area (Å²) in [6, 6.07) is 17.6. The highest BCUT2D eigenvalue weighted by Gasteiger charge is 2.28. The molecule has 0 spiro atoms. The maximum atomic E-state index is 10.9. The summed E-state index contributed by atoms with van der Waals surface area (Å²) in [4.78, 5) is 10.9. The molecule has 2 aliphatic heterocycles. The van der Waals surface area contributed by atoms with Gasteiger partial charge in [0.05, 0.1) is 37.7 Å². The number of ether oxygens (including phenoxy) is 5. The molecule has 0 amide bonds. The number of aromatic nitrogens is 1. The molecule has 200 valence electrons. The van der Waals surface area contributed by atoms with Crippen LogP contribution >= 0.6 is 0 Å². The van der Waals surface area contributed by atoms with Gasteiger partial charge in [-0.25, -0.2) is 0 Å². The van der Waals surface area contributed by atoms with Gasteiger partial charge in [0.25, 0.3) is 0 Å². The number of nitrogens with zero attached hydrogens (tertiary/aromatic N) is 1. The van der Waals surface area contributed by atoms with Gasteiger partial charge in [-0.2, -0.15) is 4.57 Å². The molecule has 0 atom stereocenters. The summed E-state index contributed by atoms with van der Waals surface area (Å²) in [5.41, 5.74) is 4.29. The van der Waals surface area contributed by atoms with Crippen LogP contribution in [0.4, 0.5) is 0 Å². The van der Waals surface area contributed by atoms with Crippen molar-refractivity contribution in [2.45, 2.75) is 32.2 Å². The van der Waals surface area contributed by atoms with Crippen LogP contribution in [0.15, 0.2) is 60.8 Å². The molecule has 2 aliphatic rings. The van der Waals surface area contributed by atoms with Crippen LogP contribution in [-0.2, 0) is 24.2 Å². The highest BCUT2D eigenvalue weighted by atomic mass is 16.7. The number of aryl methyl sites for hydroxylation is 2. The molecule has 3 heterocycles. The molecule has 4 aromatic rings. The maximum absolute atomic E-state index is 10.9. The lowest BCUT2D eigenvalue weighted by molar-refractivity contribution is -0.686. The number of methoxy groups -OCH3 is 1. The summed E-state index contributed by atoms with van der Waals surface area (Å²) in [6.07, 6.45) is 4.65. The number of hydrogen-bond acceptors (Lipinski definition) is 6. The number of benzene rings is 3. The average molecular weight is 529 g/mol. The zero-order valence-electron chi connectivity index (χ0n) is 21.8. The predicted molar refractivity (Wildman–Crippen MR) is 144 cm³/mol. The Labute approximate surface area is 226 Å². The van der Waals surface area contributed by atoms with Crippen LogP contribution in [0, 0.1) is 0 Å². The second kappa shape index (κ2) is 10.7. The first kappa shape index (κ1) is 24.9. The van der Waals surface area contributed by atoms with Gasteiger partial charge in [-0.05, 0) is 65.8 Å². The minimum absolute atomic E-state index is 0.0166. The van der Waals surface area contributed by atoms with E-state index in [2.05, 4.69) is 35.0 Å². The zero-order chi connectivity index (χ0) is 26.8. The first-order chi connectivity index (χ1) is 19.1. The van der Waals surface area contributed by atoms with Gasteiger partial charge in [-0.15, -0.1) is 0 Å². The number of rotatable bonds is 10. The van der Waals surface area contributed by atoms with Gasteiger partial charge >= 0.3 is 5.97 Å². The fraction of sp³-hybridized carbons (Fsp3) is 0.290. The second-order valence-corrected chi connectivity index (χ2v) is 9.69. The Morgan fingerprint density at radius 2 is 1.82 bits per heavy atom. The maximum Gasteiger partial charge on any atom is 0.307 e. The van der Waals surface area contributed by atoms with Crippen molar-refractivity contribution in [1.82, 2.24) is 0 Å². The first-order valence-corrected chi connectivity index (χ1v) is 13.1. The van der Waals surface area contributed by atoms with Gasteiger partial charge in [0.15, 0.2) is 35.7 Å². The summed E-state index contributed by atoms with van der Waals surface area (Å²) < 4.78 is 31.2. The predicted octanol–water partition coefficient (Wildman–Crippen LogP) is 4.95. The van der Waals surface area contributed by atoms with Crippen LogP contribution in [0.3, 0.4) is 0 Å². The first-order valence-electron chi connectivity index (χ1n) is 13.1. The van der Waals surface area contributed by atoms with Crippen LogP contribution in [0.1, 0.15) is 24.0 Å². The molecule has 0 fully saturated rings. The quantitative estimate of drug-likeness (QED) is 0.230. The number of carboxylic acid groups (broad SMARTS) is 1. The fourth-order valence-electron chi connectivity index (χ4n) is 5.19. The largest absolute Gasteiger partial charge is 0.494 e. The lowest BCUT2D eigenvalue weighted by Crippen LogP contribution is -2.40. The lowest BCUT2D eigenvalue weighted by Gasteiger charge is -2.18. The molecule has 0 bridgehead atoms. The van der Waals surface area contributed by atoms with Gasteiger partial charge in [0.2, 0.25) is 12.5 Å². The van der Waals surface area contributed by atoms with E-state index in [4.69, 9.17) is 28.8 Å². The number of carboxylic acids is 1. The van der Waals surface area contributed by atoms with Gasteiger partial charge in [0, 0.05) is 12.5 Å². The summed E-state index contributed by atoms with van der Waals surface area (Å²) in [7, 11) is 1.66. The van der Waals surface area contributed by atoms with Crippen LogP contribution in [0.25, 0.3) is 22.0 Å². The summed E-state index contributed by atoms with van der Waals surface area (Å²) in [5.74, 6) is 2.87. The van der Waals surface area contributed by atoms with Gasteiger partial charge in [0.1, 0.15) is 5.75 Å². The third kappa shape index (κ3) is 5.14. The highest BCUT2D eigenvalue weighted by molar-refractivity contribution is 5.91. The Hall–Kier alpha value is -4.46. The molecular formula is C31H30NO7+. The van der Waals surface area contributed by atoms with E-state index in [1.807, 2.05) is 18.2 Å². The molecule has 0 radical (unpaired) electrons.